The van der Waals surface area contributed by atoms with Crippen LogP contribution in [-0.4, -0.2) is 9.97 Å². The molecule has 0 fully saturated rings. The van der Waals surface area contributed by atoms with Gasteiger partial charge >= 0.3 is 0 Å². The van der Waals surface area contributed by atoms with E-state index >= 15 is 0 Å². The third-order valence-electron chi connectivity index (χ3n) is 10.8. The van der Waals surface area contributed by atoms with E-state index in [2.05, 4.69) is 188 Å². The fourth-order valence-corrected chi connectivity index (χ4v) is 9.29. The summed E-state index contributed by atoms with van der Waals surface area (Å²) < 4.78 is 9.22. The van der Waals surface area contributed by atoms with E-state index in [0.29, 0.717) is 5.58 Å². The average Bonchev–Trinajstić information content (AvgIpc) is 3.85. The molecule has 262 valence electrons. The number of hydrogen-bond acceptors (Lipinski definition) is 4. The first-order valence-corrected chi connectivity index (χ1v) is 19.6. The molecule has 0 aliphatic carbocycles. The Balaban J connectivity index is 1.03. The van der Waals surface area contributed by atoms with Crippen LogP contribution < -0.4 is 0 Å². The van der Waals surface area contributed by atoms with Crippen LogP contribution in [0.3, 0.4) is 0 Å². The summed E-state index contributed by atoms with van der Waals surface area (Å²) in [4.78, 5) is 9.77. The maximum absolute atomic E-state index is 6.69. The Kier molecular flexibility index (Phi) is 7.68. The van der Waals surface area contributed by atoms with Crippen molar-refractivity contribution in [2.24, 2.45) is 0 Å². The second-order valence-electron chi connectivity index (χ2n) is 14.1. The topological polar surface area (TPSA) is 38.9 Å². The molecule has 56 heavy (non-hydrogen) atoms. The SMILES string of the molecule is c1ccc(-c2ccc(-c3cccc(-c4ccc5oc6c(-c7ccc(-c8ccccc8)cc7-c7cccc8c7sc7ccccc78)ncnc6c5c4)c3)cc2)cc1. The fourth-order valence-electron chi connectivity index (χ4n) is 8.05. The van der Waals surface area contributed by atoms with Gasteiger partial charge in [-0.25, -0.2) is 9.97 Å². The Morgan fingerprint density at radius 3 is 1.75 bits per heavy atom. The van der Waals surface area contributed by atoms with Crippen molar-refractivity contribution in [3.8, 4) is 66.9 Å². The Hall–Kier alpha value is -7.14. The highest BCUT2D eigenvalue weighted by Crippen LogP contribution is 2.45. The minimum atomic E-state index is 0.684. The van der Waals surface area contributed by atoms with Crippen LogP contribution in [0, 0.1) is 0 Å². The van der Waals surface area contributed by atoms with Gasteiger partial charge in [0, 0.05) is 36.7 Å². The van der Waals surface area contributed by atoms with Crippen molar-refractivity contribution < 1.29 is 4.42 Å². The molecule has 0 N–H and O–H groups in total. The zero-order chi connectivity index (χ0) is 37.0. The average molecular weight is 733 g/mol. The van der Waals surface area contributed by atoms with Crippen LogP contribution in [0.5, 0.6) is 0 Å². The Morgan fingerprint density at radius 1 is 0.375 bits per heavy atom. The summed E-state index contributed by atoms with van der Waals surface area (Å²) in [5.41, 5.74) is 15.7. The fraction of sp³-hybridized carbons (Fsp3) is 0. The highest BCUT2D eigenvalue weighted by Gasteiger charge is 2.21. The van der Waals surface area contributed by atoms with Crippen molar-refractivity contribution in [3.63, 3.8) is 0 Å². The molecule has 0 radical (unpaired) electrons. The van der Waals surface area contributed by atoms with Gasteiger partial charge in [0.25, 0.3) is 0 Å². The summed E-state index contributed by atoms with van der Waals surface area (Å²) in [6, 6.07) is 67.0. The first-order valence-electron chi connectivity index (χ1n) is 18.8. The van der Waals surface area contributed by atoms with E-state index < -0.39 is 0 Å². The minimum Gasteiger partial charge on any atom is -0.452 e. The van der Waals surface area contributed by atoms with Crippen LogP contribution in [0.4, 0.5) is 0 Å². The van der Waals surface area contributed by atoms with Crippen LogP contribution in [0.25, 0.3) is 109 Å². The molecule has 0 atom stereocenters. The molecule has 3 heterocycles. The van der Waals surface area contributed by atoms with Gasteiger partial charge in [0.1, 0.15) is 23.1 Å². The van der Waals surface area contributed by atoms with Crippen LogP contribution in [0.2, 0.25) is 0 Å². The van der Waals surface area contributed by atoms with Crippen molar-refractivity contribution in [1.29, 1.82) is 0 Å². The molecule has 3 nitrogen and oxygen atoms in total. The molecule has 8 aromatic carbocycles. The third-order valence-corrected chi connectivity index (χ3v) is 12.1. The van der Waals surface area contributed by atoms with Gasteiger partial charge in [-0.1, -0.05) is 158 Å². The number of rotatable bonds is 6. The zero-order valence-electron chi connectivity index (χ0n) is 30.2. The van der Waals surface area contributed by atoms with Crippen LogP contribution >= 0.6 is 11.3 Å². The summed E-state index contributed by atoms with van der Waals surface area (Å²) in [6.07, 6.45) is 1.67. The van der Waals surface area contributed by atoms with Crippen molar-refractivity contribution in [3.05, 3.63) is 194 Å². The molecule has 4 heteroatoms. The van der Waals surface area contributed by atoms with Gasteiger partial charge in [-0.15, -0.1) is 11.3 Å². The van der Waals surface area contributed by atoms with Gasteiger partial charge in [0.05, 0.1) is 0 Å². The van der Waals surface area contributed by atoms with Crippen molar-refractivity contribution >= 4 is 53.6 Å². The van der Waals surface area contributed by atoms with E-state index in [1.807, 2.05) is 11.3 Å². The highest BCUT2D eigenvalue weighted by atomic mass is 32.1. The molecule has 11 aromatic rings. The third kappa shape index (κ3) is 5.50. The first-order chi connectivity index (χ1) is 27.7. The molecule has 0 saturated carbocycles. The predicted octanol–water partition coefficient (Wildman–Crippen LogP) is 14.7. The number of thiophene rings is 1. The standard InChI is InChI=1S/C52H32N2OS/c1-3-11-33(12-4-1)35-21-23-36(24-22-35)37-15-9-16-38(29-37)40-26-28-47-46(31-40)50-51(55-47)49(53-32-54-50)42-27-25-39(34-13-5-2-6-14-34)30-45(42)44-19-10-18-43-41-17-7-8-20-48(41)56-52(43)44/h1-32H. The molecule has 0 bridgehead atoms. The summed E-state index contributed by atoms with van der Waals surface area (Å²) in [5.74, 6) is 0. The highest BCUT2D eigenvalue weighted by molar-refractivity contribution is 7.26. The van der Waals surface area contributed by atoms with Gasteiger partial charge in [-0.2, -0.15) is 0 Å². The molecule has 0 amide bonds. The smallest absolute Gasteiger partial charge is 0.180 e. The van der Waals surface area contributed by atoms with Gasteiger partial charge in [0.15, 0.2) is 5.58 Å². The number of furan rings is 1. The number of benzene rings is 8. The summed E-state index contributed by atoms with van der Waals surface area (Å²) in [5, 5.41) is 3.50. The van der Waals surface area contributed by atoms with E-state index in [4.69, 9.17) is 14.4 Å². The van der Waals surface area contributed by atoms with E-state index in [1.165, 1.54) is 53.6 Å². The van der Waals surface area contributed by atoms with Crippen molar-refractivity contribution in [2.45, 2.75) is 0 Å². The molecule has 11 rings (SSSR count). The van der Waals surface area contributed by atoms with Gasteiger partial charge in [0.2, 0.25) is 0 Å². The van der Waals surface area contributed by atoms with E-state index in [9.17, 15) is 0 Å². The summed E-state index contributed by atoms with van der Waals surface area (Å²) in [6.45, 7) is 0. The Bertz CT molecular complexity index is 3240. The second kappa shape index (κ2) is 13.3. The molecule has 3 aromatic heterocycles. The van der Waals surface area contributed by atoms with Gasteiger partial charge in [-0.3, -0.25) is 0 Å². The summed E-state index contributed by atoms with van der Waals surface area (Å²) in [7, 11) is 0. The Morgan fingerprint density at radius 2 is 0.946 bits per heavy atom. The second-order valence-corrected chi connectivity index (χ2v) is 15.2. The molecular weight excluding hydrogens is 701 g/mol. The number of fused-ring (bicyclic) bond motifs is 6. The molecule has 0 aliphatic heterocycles. The lowest BCUT2D eigenvalue weighted by atomic mass is 9.92. The normalized spacial score (nSPS) is 11.6. The summed E-state index contributed by atoms with van der Waals surface area (Å²) >= 11 is 1.84. The van der Waals surface area contributed by atoms with E-state index in [0.717, 1.165) is 50.0 Å². The lowest BCUT2D eigenvalue weighted by Crippen LogP contribution is -1.92. The van der Waals surface area contributed by atoms with E-state index in [-0.39, 0.29) is 0 Å². The van der Waals surface area contributed by atoms with Gasteiger partial charge in [-0.05, 0) is 80.4 Å². The largest absolute Gasteiger partial charge is 0.452 e. The minimum absolute atomic E-state index is 0.684. The number of nitrogens with zero attached hydrogens (tertiary/aromatic N) is 2. The van der Waals surface area contributed by atoms with Crippen LogP contribution in [0.15, 0.2) is 199 Å². The molecule has 0 spiro atoms. The number of aromatic nitrogens is 2. The quantitative estimate of drug-likeness (QED) is 0.171. The molecule has 0 aliphatic rings. The molecule has 0 unspecified atom stereocenters. The van der Waals surface area contributed by atoms with Crippen molar-refractivity contribution in [1.82, 2.24) is 9.97 Å². The maximum atomic E-state index is 6.69. The first kappa shape index (κ1) is 32.3. The van der Waals surface area contributed by atoms with Crippen molar-refractivity contribution in [2.75, 3.05) is 0 Å². The zero-order valence-corrected chi connectivity index (χ0v) is 31.0. The maximum Gasteiger partial charge on any atom is 0.180 e. The lowest BCUT2D eigenvalue weighted by Gasteiger charge is -2.13. The Labute approximate surface area is 327 Å². The predicted molar refractivity (Wildman–Crippen MR) is 235 cm³/mol. The molecular formula is C52H32N2OS. The van der Waals surface area contributed by atoms with Gasteiger partial charge < -0.3 is 4.42 Å². The molecule has 0 saturated heterocycles. The number of hydrogen-bond donors (Lipinski definition) is 0. The van der Waals surface area contributed by atoms with Crippen LogP contribution in [-0.2, 0) is 0 Å². The lowest BCUT2D eigenvalue weighted by molar-refractivity contribution is 0.667. The van der Waals surface area contributed by atoms with Crippen LogP contribution in [0.1, 0.15) is 0 Å². The monoisotopic (exact) mass is 732 g/mol. The van der Waals surface area contributed by atoms with E-state index in [1.54, 1.807) is 6.33 Å².